The lowest BCUT2D eigenvalue weighted by molar-refractivity contribution is -0.123. The van der Waals surface area contributed by atoms with Gasteiger partial charge in [0.15, 0.2) is 0 Å². The van der Waals surface area contributed by atoms with Gasteiger partial charge in [-0.25, -0.2) is 9.69 Å². The Morgan fingerprint density at radius 3 is 2.38 bits per heavy atom. The SMILES string of the molecule is COC(=O)c1ccc(N2C(=O)CC(N3CCC(O)CC3)C2=O)cc1. The monoisotopic (exact) mass is 332 g/mol. The zero-order valence-electron chi connectivity index (χ0n) is 13.5. The molecule has 24 heavy (non-hydrogen) atoms. The van der Waals surface area contributed by atoms with Crippen molar-refractivity contribution < 1.29 is 24.2 Å². The van der Waals surface area contributed by atoms with Crippen LogP contribution in [0.15, 0.2) is 24.3 Å². The third-order valence-electron chi connectivity index (χ3n) is 4.61. The van der Waals surface area contributed by atoms with E-state index in [9.17, 15) is 19.5 Å². The van der Waals surface area contributed by atoms with Crippen LogP contribution in [0.1, 0.15) is 29.6 Å². The van der Waals surface area contributed by atoms with Gasteiger partial charge in [-0.05, 0) is 37.1 Å². The zero-order chi connectivity index (χ0) is 17.3. The van der Waals surface area contributed by atoms with Gasteiger partial charge < -0.3 is 9.84 Å². The van der Waals surface area contributed by atoms with E-state index < -0.39 is 12.0 Å². The van der Waals surface area contributed by atoms with Crippen molar-refractivity contribution >= 4 is 23.5 Å². The van der Waals surface area contributed by atoms with Gasteiger partial charge in [-0.2, -0.15) is 0 Å². The number of benzene rings is 1. The molecular formula is C17H20N2O5. The van der Waals surface area contributed by atoms with Gasteiger partial charge in [0.1, 0.15) is 0 Å². The van der Waals surface area contributed by atoms with E-state index in [1.165, 1.54) is 24.1 Å². The number of hydrogen-bond donors (Lipinski definition) is 1. The van der Waals surface area contributed by atoms with Crippen molar-refractivity contribution in [1.82, 2.24) is 4.90 Å². The Bertz CT molecular complexity index is 649. The van der Waals surface area contributed by atoms with Crippen LogP contribution in [0.3, 0.4) is 0 Å². The molecule has 0 radical (unpaired) electrons. The number of piperidine rings is 1. The van der Waals surface area contributed by atoms with E-state index in [-0.39, 0.29) is 24.3 Å². The number of ether oxygens (including phenoxy) is 1. The smallest absolute Gasteiger partial charge is 0.337 e. The fourth-order valence-electron chi connectivity index (χ4n) is 3.23. The number of rotatable bonds is 3. The highest BCUT2D eigenvalue weighted by molar-refractivity contribution is 6.22. The summed E-state index contributed by atoms with van der Waals surface area (Å²) in [6.07, 6.45) is 1.06. The summed E-state index contributed by atoms with van der Waals surface area (Å²) < 4.78 is 4.64. The van der Waals surface area contributed by atoms with Crippen LogP contribution in [-0.4, -0.2) is 60.1 Å². The van der Waals surface area contributed by atoms with E-state index in [1.54, 1.807) is 12.1 Å². The normalized spacial score (nSPS) is 22.9. The average Bonchev–Trinajstić information content (AvgIpc) is 2.89. The molecule has 1 aromatic carbocycles. The van der Waals surface area contributed by atoms with Crippen LogP contribution in [0.5, 0.6) is 0 Å². The largest absolute Gasteiger partial charge is 0.465 e. The molecule has 2 saturated heterocycles. The van der Waals surface area contributed by atoms with Crippen molar-refractivity contribution in [2.24, 2.45) is 0 Å². The summed E-state index contributed by atoms with van der Waals surface area (Å²) >= 11 is 0. The van der Waals surface area contributed by atoms with Crippen LogP contribution in [0.2, 0.25) is 0 Å². The first-order chi connectivity index (χ1) is 11.5. The van der Waals surface area contributed by atoms with Crippen LogP contribution >= 0.6 is 0 Å². The van der Waals surface area contributed by atoms with E-state index in [0.29, 0.717) is 37.2 Å². The highest BCUT2D eigenvalue weighted by Gasteiger charge is 2.43. The topological polar surface area (TPSA) is 87.2 Å². The number of imide groups is 1. The molecule has 7 heteroatoms. The molecule has 0 spiro atoms. The molecule has 0 saturated carbocycles. The van der Waals surface area contributed by atoms with E-state index >= 15 is 0 Å². The molecule has 128 valence electrons. The van der Waals surface area contributed by atoms with Gasteiger partial charge >= 0.3 is 5.97 Å². The Labute approximate surface area is 139 Å². The molecule has 0 bridgehead atoms. The molecule has 3 rings (SSSR count). The highest BCUT2D eigenvalue weighted by Crippen LogP contribution is 2.27. The van der Waals surface area contributed by atoms with Crippen LogP contribution in [0, 0.1) is 0 Å². The summed E-state index contributed by atoms with van der Waals surface area (Å²) in [5.41, 5.74) is 0.819. The first-order valence-electron chi connectivity index (χ1n) is 7.98. The van der Waals surface area contributed by atoms with Gasteiger partial charge in [0.05, 0.1) is 36.9 Å². The second-order valence-corrected chi connectivity index (χ2v) is 6.09. The van der Waals surface area contributed by atoms with Crippen molar-refractivity contribution in [2.75, 3.05) is 25.1 Å². The number of carbonyl (C=O) groups excluding carboxylic acids is 3. The number of likely N-dealkylation sites (tertiary alicyclic amines) is 1. The Kier molecular flexibility index (Phi) is 4.64. The minimum Gasteiger partial charge on any atom is -0.465 e. The number of carbonyl (C=O) groups is 3. The second kappa shape index (κ2) is 6.70. The van der Waals surface area contributed by atoms with Crippen LogP contribution in [0.4, 0.5) is 5.69 Å². The summed E-state index contributed by atoms with van der Waals surface area (Å²) in [6.45, 7) is 1.22. The number of methoxy groups -OCH3 is 1. The van der Waals surface area contributed by atoms with Gasteiger partial charge in [-0.3, -0.25) is 14.5 Å². The number of amides is 2. The molecule has 2 heterocycles. The minimum absolute atomic E-state index is 0.147. The summed E-state index contributed by atoms with van der Waals surface area (Å²) in [5, 5.41) is 9.58. The Morgan fingerprint density at radius 2 is 1.79 bits per heavy atom. The van der Waals surface area contributed by atoms with Gasteiger partial charge in [-0.15, -0.1) is 0 Å². The highest BCUT2D eigenvalue weighted by atomic mass is 16.5. The van der Waals surface area contributed by atoms with E-state index in [1.807, 2.05) is 4.90 Å². The lowest BCUT2D eigenvalue weighted by Crippen LogP contribution is -2.46. The predicted octanol–water partition coefficient (Wildman–Crippen LogP) is 0.562. The molecule has 1 unspecified atom stereocenters. The first-order valence-corrected chi connectivity index (χ1v) is 7.98. The number of hydrogen-bond acceptors (Lipinski definition) is 6. The third-order valence-corrected chi connectivity index (χ3v) is 4.61. The number of aliphatic hydroxyl groups excluding tert-OH is 1. The van der Waals surface area contributed by atoms with E-state index in [0.717, 1.165) is 0 Å². The summed E-state index contributed by atoms with van der Waals surface area (Å²) in [7, 11) is 1.30. The van der Waals surface area contributed by atoms with Gasteiger partial charge in [0.2, 0.25) is 5.91 Å². The third kappa shape index (κ3) is 3.05. The Morgan fingerprint density at radius 1 is 1.17 bits per heavy atom. The zero-order valence-corrected chi connectivity index (χ0v) is 13.5. The number of esters is 1. The molecule has 1 aromatic rings. The van der Waals surface area contributed by atoms with E-state index in [4.69, 9.17) is 0 Å². The molecule has 1 N–H and O–H groups in total. The Balaban J connectivity index is 1.75. The Hall–Kier alpha value is -2.25. The molecular weight excluding hydrogens is 312 g/mol. The number of anilines is 1. The van der Waals surface area contributed by atoms with Crippen molar-refractivity contribution in [1.29, 1.82) is 0 Å². The lowest BCUT2D eigenvalue weighted by atomic mass is 10.1. The fraction of sp³-hybridized carbons (Fsp3) is 0.471. The maximum atomic E-state index is 12.7. The standard InChI is InChI=1S/C17H20N2O5/c1-24-17(23)11-2-4-12(5-3-11)19-15(21)10-14(16(19)22)18-8-6-13(20)7-9-18/h2-5,13-14,20H,6-10H2,1H3. The van der Waals surface area contributed by atoms with Gasteiger partial charge in [-0.1, -0.05) is 0 Å². The van der Waals surface area contributed by atoms with Gasteiger partial charge in [0.25, 0.3) is 5.91 Å². The van der Waals surface area contributed by atoms with Crippen LogP contribution in [-0.2, 0) is 14.3 Å². The molecule has 1 atom stereocenters. The molecule has 2 aliphatic heterocycles. The maximum absolute atomic E-state index is 12.7. The second-order valence-electron chi connectivity index (χ2n) is 6.09. The van der Waals surface area contributed by atoms with Crippen LogP contribution < -0.4 is 4.90 Å². The molecule has 2 amide bonds. The molecule has 0 aromatic heterocycles. The first kappa shape index (κ1) is 16.6. The molecule has 7 nitrogen and oxygen atoms in total. The lowest BCUT2D eigenvalue weighted by Gasteiger charge is -2.32. The summed E-state index contributed by atoms with van der Waals surface area (Å²) in [5.74, 6) is -0.963. The van der Waals surface area contributed by atoms with Crippen molar-refractivity contribution in [3.63, 3.8) is 0 Å². The number of aliphatic hydroxyl groups is 1. The molecule has 2 aliphatic rings. The summed E-state index contributed by atoms with van der Waals surface area (Å²) in [6, 6.07) is 5.75. The fourth-order valence-corrected chi connectivity index (χ4v) is 3.23. The van der Waals surface area contributed by atoms with E-state index in [2.05, 4.69) is 4.74 Å². The predicted molar refractivity (Wildman–Crippen MR) is 85.5 cm³/mol. The summed E-state index contributed by atoms with van der Waals surface area (Å²) in [4.78, 5) is 39.6. The molecule has 0 aliphatic carbocycles. The van der Waals surface area contributed by atoms with Gasteiger partial charge in [0, 0.05) is 13.1 Å². The maximum Gasteiger partial charge on any atom is 0.337 e. The van der Waals surface area contributed by atoms with Crippen molar-refractivity contribution in [3.8, 4) is 0 Å². The van der Waals surface area contributed by atoms with Crippen molar-refractivity contribution in [3.05, 3.63) is 29.8 Å². The van der Waals surface area contributed by atoms with Crippen LogP contribution in [0.25, 0.3) is 0 Å². The average molecular weight is 332 g/mol. The minimum atomic E-state index is -0.467. The molecule has 2 fully saturated rings. The quantitative estimate of drug-likeness (QED) is 0.643. The van der Waals surface area contributed by atoms with Crippen molar-refractivity contribution in [2.45, 2.75) is 31.4 Å². The number of nitrogens with zero attached hydrogens (tertiary/aromatic N) is 2.